The van der Waals surface area contributed by atoms with E-state index in [4.69, 9.17) is 0 Å². The molecule has 0 aliphatic heterocycles. The average Bonchev–Trinajstić information content (AvgIpc) is 2.14. The van der Waals surface area contributed by atoms with Crippen LogP contribution in [-0.4, -0.2) is 14.9 Å². The lowest BCUT2D eigenvalue weighted by Crippen LogP contribution is -2.16. The number of aryl methyl sites for hydroxylation is 2. The van der Waals surface area contributed by atoms with Gasteiger partial charge in [-0.1, -0.05) is 12.1 Å². The summed E-state index contributed by atoms with van der Waals surface area (Å²) >= 11 is 0. The van der Waals surface area contributed by atoms with Crippen molar-refractivity contribution in [1.29, 1.82) is 0 Å². The normalized spacial score (nSPS) is 10.7. The molecule has 1 aromatic carbocycles. The molecule has 1 aromatic heterocycles. The summed E-state index contributed by atoms with van der Waals surface area (Å²) < 4.78 is 0.934. The lowest BCUT2D eigenvalue weighted by Gasteiger charge is -2.06. The molecular formula is C10H10N2O2. The molecule has 0 aliphatic carbocycles. The summed E-state index contributed by atoms with van der Waals surface area (Å²) in [6.45, 7) is 3.41. The van der Waals surface area contributed by atoms with Gasteiger partial charge in [0.1, 0.15) is 5.82 Å². The highest BCUT2D eigenvalue weighted by Gasteiger charge is 2.07. The molecule has 0 spiro atoms. The molecule has 0 bridgehead atoms. The standard InChI is InChI=1S/C10H10N2O2/c1-6-4-3-5-8-9(6)10(13)11-7(2)12(8)14/h3-5,14H,1-2H3. The van der Waals surface area contributed by atoms with Gasteiger partial charge in [0.2, 0.25) is 0 Å². The molecular weight excluding hydrogens is 180 g/mol. The maximum absolute atomic E-state index is 11.5. The highest BCUT2D eigenvalue weighted by atomic mass is 16.5. The zero-order chi connectivity index (χ0) is 10.3. The lowest BCUT2D eigenvalue weighted by molar-refractivity contribution is 0.187. The average molecular weight is 190 g/mol. The first-order chi connectivity index (χ1) is 6.61. The molecule has 0 saturated carbocycles. The lowest BCUT2D eigenvalue weighted by atomic mass is 10.1. The Kier molecular flexibility index (Phi) is 1.77. The van der Waals surface area contributed by atoms with Gasteiger partial charge in [-0.15, -0.1) is 0 Å². The van der Waals surface area contributed by atoms with Gasteiger partial charge in [0, 0.05) is 0 Å². The molecule has 14 heavy (non-hydrogen) atoms. The number of fused-ring (bicyclic) bond motifs is 1. The van der Waals surface area contributed by atoms with E-state index in [0.29, 0.717) is 16.7 Å². The zero-order valence-electron chi connectivity index (χ0n) is 7.98. The van der Waals surface area contributed by atoms with Crippen molar-refractivity contribution in [2.24, 2.45) is 0 Å². The fourth-order valence-corrected chi connectivity index (χ4v) is 1.53. The maximum atomic E-state index is 11.5. The number of aromatic nitrogens is 2. The molecule has 4 nitrogen and oxygen atoms in total. The van der Waals surface area contributed by atoms with Crippen molar-refractivity contribution in [3.63, 3.8) is 0 Å². The quantitative estimate of drug-likeness (QED) is 0.636. The number of nitrogens with zero attached hydrogens (tertiary/aromatic N) is 2. The number of hydrogen-bond donors (Lipinski definition) is 1. The summed E-state index contributed by atoms with van der Waals surface area (Å²) in [5.41, 5.74) is 1.03. The van der Waals surface area contributed by atoms with Crippen molar-refractivity contribution in [2.45, 2.75) is 13.8 Å². The Labute approximate surface area is 80.4 Å². The van der Waals surface area contributed by atoms with Gasteiger partial charge in [0.15, 0.2) is 0 Å². The highest BCUT2D eigenvalue weighted by Crippen LogP contribution is 2.13. The topological polar surface area (TPSA) is 55.1 Å². The van der Waals surface area contributed by atoms with Crippen LogP contribution in [0.15, 0.2) is 23.0 Å². The Morgan fingerprint density at radius 3 is 2.79 bits per heavy atom. The van der Waals surface area contributed by atoms with E-state index in [-0.39, 0.29) is 5.56 Å². The van der Waals surface area contributed by atoms with E-state index in [0.717, 1.165) is 10.3 Å². The second kappa shape index (κ2) is 2.83. The summed E-state index contributed by atoms with van der Waals surface area (Å²) in [6.07, 6.45) is 0. The molecule has 0 aliphatic rings. The summed E-state index contributed by atoms with van der Waals surface area (Å²) in [7, 11) is 0. The first kappa shape index (κ1) is 8.74. The minimum Gasteiger partial charge on any atom is -0.427 e. The van der Waals surface area contributed by atoms with Gasteiger partial charge in [0.25, 0.3) is 5.56 Å². The SMILES string of the molecule is Cc1cccc2c1c(=O)nc(C)n2O. The van der Waals surface area contributed by atoms with Crippen LogP contribution < -0.4 is 5.56 Å². The predicted molar refractivity (Wildman–Crippen MR) is 52.7 cm³/mol. The van der Waals surface area contributed by atoms with Crippen LogP contribution in [0.1, 0.15) is 11.4 Å². The van der Waals surface area contributed by atoms with Gasteiger partial charge >= 0.3 is 0 Å². The van der Waals surface area contributed by atoms with Gasteiger partial charge in [-0.3, -0.25) is 4.79 Å². The molecule has 1 heterocycles. The molecule has 1 N–H and O–H groups in total. The Balaban J connectivity index is 3.10. The minimum atomic E-state index is -0.291. The predicted octanol–water partition coefficient (Wildman–Crippen LogP) is 1.25. The largest absolute Gasteiger partial charge is 0.427 e. The van der Waals surface area contributed by atoms with Crippen LogP contribution in [0.3, 0.4) is 0 Å². The van der Waals surface area contributed by atoms with E-state index in [1.54, 1.807) is 19.1 Å². The molecule has 0 fully saturated rings. The van der Waals surface area contributed by atoms with Crippen LogP contribution in [0.25, 0.3) is 10.9 Å². The maximum Gasteiger partial charge on any atom is 0.281 e. The summed E-state index contributed by atoms with van der Waals surface area (Å²) in [5.74, 6) is 0.299. The second-order valence-electron chi connectivity index (χ2n) is 3.25. The van der Waals surface area contributed by atoms with E-state index in [2.05, 4.69) is 4.98 Å². The smallest absolute Gasteiger partial charge is 0.281 e. The summed E-state index contributed by atoms with van der Waals surface area (Å²) in [6, 6.07) is 5.31. The molecule has 72 valence electrons. The van der Waals surface area contributed by atoms with Gasteiger partial charge in [-0.25, -0.2) is 0 Å². The van der Waals surface area contributed by atoms with Crippen molar-refractivity contribution in [2.75, 3.05) is 0 Å². The van der Waals surface area contributed by atoms with Crippen LogP contribution in [0.5, 0.6) is 0 Å². The Hall–Kier alpha value is -1.84. The molecule has 4 heteroatoms. The monoisotopic (exact) mass is 190 g/mol. The van der Waals surface area contributed by atoms with Gasteiger partial charge in [-0.2, -0.15) is 9.71 Å². The van der Waals surface area contributed by atoms with Gasteiger partial charge < -0.3 is 5.21 Å². The zero-order valence-corrected chi connectivity index (χ0v) is 7.98. The van der Waals surface area contributed by atoms with Crippen LogP contribution in [0.2, 0.25) is 0 Å². The van der Waals surface area contributed by atoms with E-state index >= 15 is 0 Å². The third-order valence-electron chi connectivity index (χ3n) is 2.26. The van der Waals surface area contributed by atoms with Gasteiger partial charge in [0.05, 0.1) is 10.9 Å². The Bertz CT molecular complexity index is 558. The van der Waals surface area contributed by atoms with Crippen molar-refractivity contribution < 1.29 is 5.21 Å². The molecule has 0 unspecified atom stereocenters. The summed E-state index contributed by atoms with van der Waals surface area (Å²) in [4.78, 5) is 15.3. The van der Waals surface area contributed by atoms with Crippen LogP contribution in [-0.2, 0) is 0 Å². The first-order valence-corrected chi connectivity index (χ1v) is 4.29. The third-order valence-corrected chi connectivity index (χ3v) is 2.26. The third kappa shape index (κ3) is 1.08. The van der Waals surface area contributed by atoms with E-state index in [1.165, 1.54) is 0 Å². The fourth-order valence-electron chi connectivity index (χ4n) is 1.53. The van der Waals surface area contributed by atoms with E-state index < -0.39 is 0 Å². The van der Waals surface area contributed by atoms with Crippen molar-refractivity contribution in [3.8, 4) is 0 Å². The van der Waals surface area contributed by atoms with Crippen molar-refractivity contribution in [1.82, 2.24) is 9.71 Å². The van der Waals surface area contributed by atoms with Crippen LogP contribution in [0, 0.1) is 13.8 Å². The Morgan fingerprint density at radius 2 is 2.07 bits per heavy atom. The first-order valence-electron chi connectivity index (χ1n) is 4.29. The van der Waals surface area contributed by atoms with Crippen LogP contribution in [0.4, 0.5) is 0 Å². The fraction of sp³-hybridized carbons (Fsp3) is 0.200. The number of benzene rings is 1. The second-order valence-corrected chi connectivity index (χ2v) is 3.25. The molecule has 0 saturated heterocycles. The van der Waals surface area contributed by atoms with E-state index in [1.807, 2.05) is 13.0 Å². The van der Waals surface area contributed by atoms with Crippen molar-refractivity contribution >= 4 is 10.9 Å². The molecule has 0 radical (unpaired) electrons. The van der Waals surface area contributed by atoms with Crippen molar-refractivity contribution in [3.05, 3.63) is 39.9 Å². The van der Waals surface area contributed by atoms with Crippen LogP contribution >= 0.6 is 0 Å². The molecule has 2 rings (SSSR count). The van der Waals surface area contributed by atoms with Gasteiger partial charge in [-0.05, 0) is 25.5 Å². The number of rotatable bonds is 0. The van der Waals surface area contributed by atoms with E-state index in [9.17, 15) is 10.0 Å². The summed E-state index contributed by atoms with van der Waals surface area (Å²) in [5, 5.41) is 10.1. The molecule has 0 amide bonds. The highest BCUT2D eigenvalue weighted by molar-refractivity contribution is 5.81. The minimum absolute atomic E-state index is 0.291. The number of hydrogen-bond acceptors (Lipinski definition) is 3. The molecule has 0 atom stereocenters. The Morgan fingerprint density at radius 1 is 1.36 bits per heavy atom. The molecule has 2 aromatic rings.